The molecule has 1 aliphatic rings. The van der Waals surface area contributed by atoms with Gasteiger partial charge in [0.15, 0.2) is 0 Å². The van der Waals surface area contributed by atoms with Crippen LogP contribution in [0.2, 0.25) is 5.02 Å². The summed E-state index contributed by atoms with van der Waals surface area (Å²) >= 11 is 6.00. The molecule has 0 aliphatic carbocycles. The zero-order valence-electron chi connectivity index (χ0n) is 11.1. The highest BCUT2D eigenvalue weighted by Gasteiger charge is 2.16. The van der Waals surface area contributed by atoms with Crippen molar-refractivity contribution in [3.8, 4) is 5.75 Å². The lowest BCUT2D eigenvalue weighted by Gasteiger charge is -2.30. The van der Waals surface area contributed by atoms with E-state index in [1.54, 1.807) is 7.11 Å². The van der Waals surface area contributed by atoms with E-state index in [0.717, 1.165) is 23.9 Å². The molecule has 1 aromatic rings. The first-order chi connectivity index (χ1) is 8.69. The molecule has 1 unspecified atom stereocenters. The van der Waals surface area contributed by atoms with Crippen LogP contribution < -0.4 is 10.1 Å². The summed E-state index contributed by atoms with van der Waals surface area (Å²) < 4.78 is 5.21. The van der Waals surface area contributed by atoms with Crippen molar-refractivity contribution in [2.75, 3.05) is 39.1 Å². The van der Waals surface area contributed by atoms with E-state index in [9.17, 15) is 0 Å². The average molecular weight is 269 g/mol. The van der Waals surface area contributed by atoms with Gasteiger partial charge in [-0.05, 0) is 44.5 Å². The van der Waals surface area contributed by atoms with Gasteiger partial charge in [0.1, 0.15) is 5.75 Å². The maximum atomic E-state index is 6.00. The quantitative estimate of drug-likeness (QED) is 0.908. The third kappa shape index (κ3) is 3.53. The van der Waals surface area contributed by atoms with Crippen LogP contribution >= 0.6 is 11.6 Å². The predicted octanol–water partition coefficient (Wildman–Crippen LogP) is 3.10. The van der Waals surface area contributed by atoms with Crippen molar-refractivity contribution in [2.24, 2.45) is 5.92 Å². The van der Waals surface area contributed by atoms with E-state index in [2.05, 4.69) is 17.3 Å². The number of nitrogens with one attached hydrogen (secondary N) is 1. The maximum Gasteiger partial charge on any atom is 0.139 e. The van der Waals surface area contributed by atoms with Gasteiger partial charge >= 0.3 is 0 Å². The first-order valence-electron chi connectivity index (χ1n) is 6.45. The zero-order chi connectivity index (χ0) is 13.0. The van der Waals surface area contributed by atoms with Gasteiger partial charge in [0, 0.05) is 24.8 Å². The van der Waals surface area contributed by atoms with E-state index in [1.165, 1.54) is 25.9 Å². The summed E-state index contributed by atoms with van der Waals surface area (Å²) in [5.74, 6) is 1.45. The van der Waals surface area contributed by atoms with E-state index in [4.69, 9.17) is 16.3 Å². The lowest BCUT2D eigenvalue weighted by molar-refractivity contribution is 0.217. The highest BCUT2D eigenvalue weighted by molar-refractivity contribution is 6.32. The number of hydrogen-bond acceptors (Lipinski definition) is 3. The molecule has 0 spiro atoms. The predicted molar refractivity (Wildman–Crippen MR) is 76.7 cm³/mol. The number of piperidine rings is 1. The molecule has 18 heavy (non-hydrogen) atoms. The van der Waals surface area contributed by atoms with E-state index in [-0.39, 0.29) is 0 Å². The third-order valence-corrected chi connectivity index (χ3v) is 3.78. The molecule has 0 amide bonds. The van der Waals surface area contributed by atoms with Crippen molar-refractivity contribution in [1.29, 1.82) is 0 Å². The fraction of sp³-hybridized carbons (Fsp3) is 0.571. The molecule has 0 aromatic heterocycles. The molecular formula is C14H21ClN2O. The lowest BCUT2D eigenvalue weighted by atomic mass is 9.98. The molecule has 1 saturated heterocycles. The molecule has 1 aliphatic heterocycles. The molecule has 1 N–H and O–H groups in total. The van der Waals surface area contributed by atoms with Gasteiger partial charge in [0.25, 0.3) is 0 Å². The Balaban J connectivity index is 1.89. The minimum atomic E-state index is 0.653. The Labute approximate surface area is 114 Å². The molecular weight excluding hydrogens is 248 g/mol. The fourth-order valence-electron chi connectivity index (χ4n) is 2.47. The van der Waals surface area contributed by atoms with Crippen LogP contribution in [0, 0.1) is 5.92 Å². The SMILES string of the molecule is COc1cc(NCC2CCCN(C)C2)ccc1Cl. The maximum absolute atomic E-state index is 6.00. The van der Waals surface area contributed by atoms with Crippen molar-refractivity contribution in [3.63, 3.8) is 0 Å². The standard InChI is InChI=1S/C14H21ClN2O/c1-17-7-3-4-11(10-17)9-16-12-5-6-13(15)14(8-12)18-2/h5-6,8,11,16H,3-4,7,9-10H2,1-2H3. The summed E-state index contributed by atoms with van der Waals surface area (Å²) in [6, 6.07) is 5.82. The highest BCUT2D eigenvalue weighted by atomic mass is 35.5. The molecule has 2 rings (SSSR count). The smallest absolute Gasteiger partial charge is 0.139 e. The summed E-state index contributed by atoms with van der Waals surface area (Å²) in [7, 11) is 3.83. The molecule has 0 radical (unpaired) electrons. The van der Waals surface area contributed by atoms with Crippen LogP contribution in [0.5, 0.6) is 5.75 Å². The minimum Gasteiger partial charge on any atom is -0.495 e. The lowest BCUT2D eigenvalue weighted by Crippen LogP contribution is -2.35. The van der Waals surface area contributed by atoms with Gasteiger partial charge in [0.05, 0.1) is 12.1 Å². The van der Waals surface area contributed by atoms with Crippen LogP contribution in [0.4, 0.5) is 5.69 Å². The number of methoxy groups -OCH3 is 1. The van der Waals surface area contributed by atoms with Gasteiger partial charge in [-0.3, -0.25) is 0 Å². The number of rotatable bonds is 4. The summed E-state index contributed by atoms with van der Waals surface area (Å²) in [4.78, 5) is 2.40. The summed E-state index contributed by atoms with van der Waals surface area (Å²) in [6.45, 7) is 3.41. The highest BCUT2D eigenvalue weighted by Crippen LogP contribution is 2.27. The van der Waals surface area contributed by atoms with Crippen LogP contribution in [0.15, 0.2) is 18.2 Å². The number of benzene rings is 1. The van der Waals surface area contributed by atoms with Crippen LogP contribution in [-0.2, 0) is 0 Å². The first kappa shape index (κ1) is 13.5. The second-order valence-electron chi connectivity index (χ2n) is 5.00. The van der Waals surface area contributed by atoms with Gasteiger partial charge in [-0.25, -0.2) is 0 Å². The van der Waals surface area contributed by atoms with Gasteiger partial charge in [-0.2, -0.15) is 0 Å². The monoisotopic (exact) mass is 268 g/mol. The molecule has 1 aromatic carbocycles. The summed E-state index contributed by atoms with van der Waals surface area (Å²) in [5, 5.41) is 4.12. The molecule has 1 fully saturated rings. The summed E-state index contributed by atoms with van der Waals surface area (Å²) in [6.07, 6.45) is 2.61. The Morgan fingerprint density at radius 3 is 3.06 bits per heavy atom. The second kappa shape index (κ2) is 6.30. The number of ether oxygens (including phenoxy) is 1. The Kier molecular flexibility index (Phi) is 4.72. The van der Waals surface area contributed by atoms with Gasteiger partial charge in [0.2, 0.25) is 0 Å². The van der Waals surface area contributed by atoms with E-state index >= 15 is 0 Å². The van der Waals surface area contributed by atoms with E-state index in [1.807, 2.05) is 18.2 Å². The zero-order valence-corrected chi connectivity index (χ0v) is 11.8. The van der Waals surface area contributed by atoms with Crippen LogP contribution in [0.1, 0.15) is 12.8 Å². The van der Waals surface area contributed by atoms with Crippen molar-refractivity contribution in [1.82, 2.24) is 4.90 Å². The van der Waals surface area contributed by atoms with Crippen molar-refractivity contribution >= 4 is 17.3 Å². The molecule has 4 heteroatoms. The summed E-state index contributed by atoms with van der Waals surface area (Å²) in [5.41, 5.74) is 1.07. The minimum absolute atomic E-state index is 0.653. The fourth-order valence-corrected chi connectivity index (χ4v) is 2.67. The topological polar surface area (TPSA) is 24.5 Å². The largest absolute Gasteiger partial charge is 0.495 e. The van der Waals surface area contributed by atoms with Gasteiger partial charge < -0.3 is 15.0 Å². The van der Waals surface area contributed by atoms with Crippen molar-refractivity contribution in [2.45, 2.75) is 12.8 Å². The molecule has 0 saturated carbocycles. The molecule has 1 heterocycles. The van der Waals surface area contributed by atoms with Gasteiger partial charge in [-0.15, -0.1) is 0 Å². The van der Waals surface area contributed by atoms with E-state index in [0.29, 0.717) is 5.02 Å². The normalized spacial score (nSPS) is 20.7. The molecule has 100 valence electrons. The Morgan fingerprint density at radius 2 is 2.33 bits per heavy atom. The molecule has 1 atom stereocenters. The molecule has 0 bridgehead atoms. The number of hydrogen-bond donors (Lipinski definition) is 1. The van der Waals surface area contributed by atoms with Crippen molar-refractivity contribution in [3.05, 3.63) is 23.2 Å². The van der Waals surface area contributed by atoms with Crippen LogP contribution in [-0.4, -0.2) is 38.7 Å². The van der Waals surface area contributed by atoms with Crippen LogP contribution in [0.25, 0.3) is 0 Å². The Morgan fingerprint density at radius 1 is 1.50 bits per heavy atom. The first-order valence-corrected chi connectivity index (χ1v) is 6.83. The third-order valence-electron chi connectivity index (χ3n) is 3.47. The number of likely N-dealkylation sites (tertiary alicyclic amines) is 1. The van der Waals surface area contributed by atoms with E-state index < -0.39 is 0 Å². The second-order valence-corrected chi connectivity index (χ2v) is 5.41. The Hall–Kier alpha value is -0.930. The van der Waals surface area contributed by atoms with Crippen molar-refractivity contribution < 1.29 is 4.74 Å². The average Bonchev–Trinajstić information content (AvgIpc) is 2.38. The number of anilines is 1. The molecule has 3 nitrogen and oxygen atoms in total. The van der Waals surface area contributed by atoms with Crippen LogP contribution in [0.3, 0.4) is 0 Å². The Bertz CT molecular complexity index is 397. The number of nitrogens with zero attached hydrogens (tertiary/aromatic N) is 1. The van der Waals surface area contributed by atoms with Gasteiger partial charge in [-0.1, -0.05) is 11.6 Å². The number of halogens is 1.